The summed E-state index contributed by atoms with van der Waals surface area (Å²) in [5.74, 6) is -0.146. The van der Waals surface area contributed by atoms with Crippen LogP contribution in [0.1, 0.15) is 36.2 Å². The van der Waals surface area contributed by atoms with Gasteiger partial charge in [-0.15, -0.1) is 0 Å². The van der Waals surface area contributed by atoms with E-state index in [1.165, 1.54) is 10.2 Å². The molecule has 0 saturated carbocycles. The molecule has 0 radical (unpaired) electrons. The SMILES string of the molecule is CCc1ccccc1N=Cc1c(C)[nH]n(-c2ccc(NC(=O)CNc3ccccc3CC)cc2)c1=O. The number of hydrogen-bond acceptors (Lipinski definition) is 4. The minimum absolute atomic E-state index is 0.146. The Morgan fingerprint density at radius 1 is 0.944 bits per heavy atom. The molecule has 36 heavy (non-hydrogen) atoms. The highest BCUT2D eigenvalue weighted by molar-refractivity contribution is 5.94. The summed E-state index contributed by atoms with van der Waals surface area (Å²) in [7, 11) is 0. The first-order valence-corrected chi connectivity index (χ1v) is 12.2. The quantitative estimate of drug-likeness (QED) is 0.280. The van der Waals surface area contributed by atoms with Crippen LogP contribution in [0, 0.1) is 6.92 Å². The average molecular weight is 482 g/mol. The molecule has 7 nitrogen and oxygen atoms in total. The fourth-order valence-corrected chi connectivity index (χ4v) is 4.04. The summed E-state index contributed by atoms with van der Waals surface area (Å²) < 4.78 is 1.48. The minimum atomic E-state index is -0.180. The number of nitrogens with zero attached hydrogens (tertiary/aromatic N) is 2. The third-order valence-corrected chi connectivity index (χ3v) is 6.07. The third-order valence-electron chi connectivity index (χ3n) is 6.07. The number of amides is 1. The fourth-order valence-electron chi connectivity index (χ4n) is 4.04. The van der Waals surface area contributed by atoms with Gasteiger partial charge in [-0.25, -0.2) is 4.68 Å². The van der Waals surface area contributed by atoms with Crippen LogP contribution in [0.3, 0.4) is 0 Å². The molecule has 0 saturated heterocycles. The third kappa shape index (κ3) is 5.63. The number of para-hydroxylation sites is 2. The number of H-pyrrole nitrogens is 1. The summed E-state index contributed by atoms with van der Waals surface area (Å²) >= 11 is 0. The number of aromatic nitrogens is 2. The molecule has 0 aliphatic carbocycles. The number of anilines is 2. The van der Waals surface area contributed by atoms with Gasteiger partial charge in [0.15, 0.2) is 0 Å². The number of carbonyl (C=O) groups is 1. The van der Waals surface area contributed by atoms with Crippen LogP contribution in [0.15, 0.2) is 82.6 Å². The lowest BCUT2D eigenvalue weighted by atomic mass is 10.1. The van der Waals surface area contributed by atoms with Crippen molar-refractivity contribution in [3.05, 3.63) is 106 Å². The van der Waals surface area contributed by atoms with E-state index >= 15 is 0 Å². The van der Waals surface area contributed by atoms with Crippen molar-refractivity contribution < 1.29 is 4.79 Å². The van der Waals surface area contributed by atoms with E-state index in [0.717, 1.165) is 35.5 Å². The summed E-state index contributed by atoms with van der Waals surface area (Å²) in [4.78, 5) is 30.1. The molecule has 1 aromatic heterocycles. The minimum Gasteiger partial charge on any atom is -0.376 e. The van der Waals surface area contributed by atoms with E-state index in [1.807, 2.05) is 55.5 Å². The first-order chi connectivity index (χ1) is 17.5. The van der Waals surface area contributed by atoms with Crippen molar-refractivity contribution in [3.63, 3.8) is 0 Å². The van der Waals surface area contributed by atoms with Crippen LogP contribution in [0.4, 0.5) is 17.1 Å². The molecule has 7 heteroatoms. The van der Waals surface area contributed by atoms with Crippen LogP contribution in [0.25, 0.3) is 5.69 Å². The first-order valence-electron chi connectivity index (χ1n) is 12.2. The lowest BCUT2D eigenvalue weighted by Crippen LogP contribution is -2.22. The number of nitrogens with one attached hydrogen (secondary N) is 3. The summed E-state index contributed by atoms with van der Waals surface area (Å²) in [5.41, 5.74) is 6.51. The Labute approximate surface area is 210 Å². The van der Waals surface area contributed by atoms with Crippen LogP contribution in [-0.2, 0) is 17.6 Å². The molecule has 0 atom stereocenters. The molecular weight excluding hydrogens is 450 g/mol. The molecule has 184 valence electrons. The molecule has 0 bridgehead atoms. The highest BCUT2D eigenvalue weighted by Crippen LogP contribution is 2.19. The van der Waals surface area contributed by atoms with Crippen LogP contribution in [0.5, 0.6) is 0 Å². The maximum Gasteiger partial charge on any atom is 0.280 e. The summed E-state index contributed by atoms with van der Waals surface area (Å²) in [6.45, 7) is 6.18. The zero-order chi connectivity index (χ0) is 25.5. The van der Waals surface area contributed by atoms with E-state index in [1.54, 1.807) is 30.5 Å². The van der Waals surface area contributed by atoms with Crippen LogP contribution in [0.2, 0.25) is 0 Å². The van der Waals surface area contributed by atoms with E-state index in [0.29, 0.717) is 16.9 Å². The summed E-state index contributed by atoms with van der Waals surface area (Å²) in [5, 5.41) is 9.20. The number of hydrogen-bond donors (Lipinski definition) is 3. The van der Waals surface area contributed by atoms with Crippen molar-refractivity contribution in [1.29, 1.82) is 0 Å². The van der Waals surface area contributed by atoms with Gasteiger partial charge in [0, 0.05) is 23.3 Å². The van der Waals surface area contributed by atoms with Gasteiger partial charge in [-0.05, 0) is 67.3 Å². The smallest absolute Gasteiger partial charge is 0.280 e. The van der Waals surface area contributed by atoms with Crippen molar-refractivity contribution in [2.45, 2.75) is 33.6 Å². The second-order valence-corrected chi connectivity index (χ2v) is 8.49. The maximum atomic E-state index is 13.1. The van der Waals surface area contributed by atoms with Gasteiger partial charge in [0.25, 0.3) is 5.56 Å². The number of aromatic amines is 1. The van der Waals surface area contributed by atoms with Crippen molar-refractivity contribution in [3.8, 4) is 5.69 Å². The van der Waals surface area contributed by atoms with Crippen LogP contribution < -0.4 is 16.2 Å². The average Bonchev–Trinajstić information content (AvgIpc) is 3.19. The van der Waals surface area contributed by atoms with E-state index in [4.69, 9.17) is 0 Å². The molecule has 0 aliphatic rings. The zero-order valence-electron chi connectivity index (χ0n) is 20.8. The molecular formula is C29H31N5O2. The Morgan fingerprint density at radius 2 is 1.61 bits per heavy atom. The number of rotatable bonds is 9. The van der Waals surface area contributed by atoms with Crippen molar-refractivity contribution in [1.82, 2.24) is 9.78 Å². The Balaban J connectivity index is 1.44. The predicted octanol–water partition coefficient (Wildman–Crippen LogP) is 5.40. The summed E-state index contributed by atoms with van der Waals surface area (Å²) in [6, 6.07) is 23.0. The van der Waals surface area contributed by atoms with E-state index < -0.39 is 0 Å². The molecule has 1 heterocycles. The van der Waals surface area contributed by atoms with Gasteiger partial charge in [0.1, 0.15) is 0 Å². The monoisotopic (exact) mass is 481 g/mol. The van der Waals surface area contributed by atoms with Crippen LogP contribution in [-0.4, -0.2) is 28.4 Å². The zero-order valence-corrected chi connectivity index (χ0v) is 20.8. The van der Waals surface area contributed by atoms with Gasteiger partial charge < -0.3 is 10.6 Å². The normalized spacial score (nSPS) is 11.1. The molecule has 0 unspecified atom stereocenters. The Bertz CT molecular complexity index is 1430. The molecule has 0 aliphatic heterocycles. The number of aryl methyl sites for hydroxylation is 3. The molecule has 1 amide bonds. The molecule has 4 aromatic rings. The van der Waals surface area contributed by atoms with Crippen molar-refractivity contribution >= 4 is 29.2 Å². The largest absolute Gasteiger partial charge is 0.376 e. The maximum absolute atomic E-state index is 13.1. The van der Waals surface area contributed by atoms with E-state index in [-0.39, 0.29) is 18.0 Å². The Morgan fingerprint density at radius 3 is 2.33 bits per heavy atom. The van der Waals surface area contributed by atoms with Gasteiger partial charge in [-0.3, -0.25) is 19.7 Å². The Kier molecular flexibility index (Phi) is 7.80. The second-order valence-electron chi connectivity index (χ2n) is 8.49. The second kappa shape index (κ2) is 11.4. The highest BCUT2D eigenvalue weighted by atomic mass is 16.2. The van der Waals surface area contributed by atoms with Gasteiger partial charge in [0.2, 0.25) is 5.91 Å². The standard InChI is InChI=1S/C29H31N5O2/c1-4-21-10-6-8-12-26(21)30-18-25-20(3)33-34(29(25)36)24-16-14-23(15-17-24)32-28(35)19-31-27-13-9-7-11-22(27)5-2/h6-18,31,33H,4-5,19H2,1-3H3,(H,32,35). The molecule has 0 fully saturated rings. The lowest BCUT2D eigenvalue weighted by molar-refractivity contribution is -0.114. The number of aliphatic imine (C=N–C) groups is 1. The molecule has 4 rings (SSSR count). The number of benzene rings is 3. The van der Waals surface area contributed by atoms with Crippen LogP contribution >= 0.6 is 0 Å². The van der Waals surface area contributed by atoms with Gasteiger partial charge in [-0.2, -0.15) is 0 Å². The lowest BCUT2D eigenvalue weighted by Gasteiger charge is -2.11. The fraction of sp³-hybridized carbons (Fsp3) is 0.207. The molecule has 0 spiro atoms. The summed E-state index contributed by atoms with van der Waals surface area (Å²) in [6.07, 6.45) is 3.38. The van der Waals surface area contributed by atoms with Gasteiger partial charge in [-0.1, -0.05) is 50.2 Å². The molecule has 3 N–H and O–H groups in total. The van der Waals surface area contributed by atoms with E-state index in [9.17, 15) is 9.59 Å². The van der Waals surface area contributed by atoms with Gasteiger partial charge >= 0.3 is 0 Å². The predicted molar refractivity (Wildman–Crippen MR) is 147 cm³/mol. The topological polar surface area (TPSA) is 91.3 Å². The van der Waals surface area contributed by atoms with E-state index in [2.05, 4.69) is 34.6 Å². The Hall–Kier alpha value is -4.39. The van der Waals surface area contributed by atoms with Crippen molar-refractivity contribution in [2.75, 3.05) is 17.2 Å². The van der Waals surface area contributed by atoms with Crippen molar-refractivity contribution in [2.24, 2.45) is 4.99 Å². The first kappa shape index (κ1) is 24.7. The van der Waals surface area contributed by atoms with Gasteiger partial charge in [0.05, 0.1) is 23.5 Å². The highest BCUT2D eigenvalue weighted by Gasteiger charge is 2.12. The number of carbonyl (C=O) groups excluding carboxylic acids is 1. The molecule has 3 aromatic carbocycles.